The van der Waals surface area contributed by atoms with E-state index in [0.29, 0.717) is 6.42 Å². The van der Waals surface area contributed by atoms with Gasteiger partial charge in [0.15, 0.2) is 0 Å². The molecule has 1 aliphatic heterocycles. The number of carbonyl (C=O) groups excluding carboxylic acids is 3. The summed E-state index contributed by atoms with van der Waals surface area (Å²) in [5.41, 5.74) is 0. The quantitative estimate of drug-likeness (QED) is 0.502. The van der Waals surface area contributed by atoms with Crippen molar-refractivity contribution in [2.24, 2.45) is 23.7 Å². The van der Waals surface area contributed by atoms with E-state index in [4.69, 9.17) is 0 Å². The molecule has 74 valence electrons. The van der Waals surface area contributed by atoms with Gasteiger partial charge in [-0.1, -0.05) is 0 Å². The van der Waals surface area contributed by atoms with Gasteiger partial charge in [-0.3, -0.25) is 19.3 Å². The molecule has 14 heavy (non-hydrogen) atoms. The highest BCUT2D eigenvalue weighted by molar-refractivity contribution is 6.09. The fourth-order valence-corrected chi connectivity index (χ4v) is 3.35. The normalized spacial score (nSPS) is 45.2. The molecule has 1 heterocycles. The van der Waals surface area contributed by atoms with E-state index in [1.165, 1.54) is 11.9 Å². The van der Waals surface area contributed by atoms with Crippen LogP contribution in [0.3, 0.4) is 0 Å². The molecule has 3 aliphatic rings. The third kappa shape index (κ3) is 0.691. The molecule has 2 amide bonds. The van der Waals surface area contributed by atoms with Gasteiger partial charge in [0.2, 0.25) is 11.8 Å². The number of Topliss-reactive ketones (excluding diaryl/α,β-unsaturated/α-hetero) is 1. The van der Waals surface area contributed by atoms with Gasteiger partial charge in [-0.05, 0) is 12.3 Å². The molecule has 3 rings (SSSR count). The Morgan fingerprint density at radius 3 is 2.50 bits per heavy atom. The zero-order chi connectivity index (χ0) is 10.0. The van der Waals surface area contributed by atoms with E-state index in [0.717, 1.165) is 6.42 Å². The molecular weight excluding hydrogens is 182 g/mol. The highest BCUT2D eigenvalue weighted by Gasteiger charge is 2.63. The second-order valence-corrected chi connectivity index (χ2v) is 4.56. The second kappa shape index (κ2) is 2.24. The van der Waals surface area contributed by atoms with Crippen molar-refractivity contribution in [3.8, 4) is 0 Å². The lowest BCUT2D eigenvalue weighted by Gasteiger charge is -2.18. The van der Waals surface area contributed by atoms with Gasteiger partial charge in [0.1, 0.15) is 5.78 Å². The smallest absolute Gasteiger partial charge is 0.233 e. The number of hydrogen-bond acceptors (Lipinski definition) is 3. The Hall–Kier alpha value is -1.19. The summed E-state index contributed by atoms with van der Waals surface area (Å²) >= 11 is 0. The van der Waals surface area contributed by atoms with Crippen LogP contribution in [0.2, 0.25) is 0 Å². The molecule has 0 aromatic rings. The molecule has 0 aromatic carbocycles. The third-order valence-electron chi connectivity index (χ3n) is 3.99. The molecule has 2 bridgehead atoms. The van der Waals surface area contributed by atoms with E-state index in [9.17, 15) is 14.4 Å². The largest absolute Gasteiger partial charge is 0.299 e. The lowest BCUT2D eigenvalue weighted by Crippen LogP contribution is -2.30. The first-order valence-corrected chi connectivity index (χ1v) is 4.95. The van der Waals surface area contributed by atoms with Crippen LogP contribution in [0.25, 0.3) is 0 Å². The van der Waals surface area contributed by atoms with E-state index < -0.39 is 0 Å². The van der Waals surface area contributed by atoms with E-state index in [-0.39, 0.29) is 41.3 Å². The Morgan fingerprint density at radius 1 is 1.14 bits per heavy atom. The van der Waals surface area contributed by atoms with Gasteiger partial charge in [0, 0.05) is 19.4 Å². The summed E-state index contributed by atoms with van der Waals surface area (Å²) in [6.45, 7) is 0. The molecule has 2 saturated carbocycles. The minimum atomic E-state index is -0.307. The monoisotopic (exact) mass is 193 g/mol. The summed E-state index contributed by atoms with van der Waals surface area (Å²) in [4.78, 5) is 36.0. The van der Waals surface area contributed by atoms with Gasteiger partial charge >= 0.3 is 0 Å². The number of rotatable bonds is 0. The van der Waals surface area contributed by atoms with Crippen LogP contribution >= 0.6 is 0 Å². The molecule has 0 N–H and O–H groups in total. The number of ketones is 1. The molecule has 4 atom stereocenters. The van der Waals surface area contributed by atoms with E-state index in [1.54, 1.807) is 0 Å². The van der Waals surface area contributed by atoms with E-state index in [2.05, 4.69) is 0 Å². The Morgan fingerprint density at radius 2 is 1.79 bits per heavy atom. The van der Waals surface area contributed by atoms with Gasteiger partial charge in [0.25, 0.3) is 0 Å². The van der Waals surface area contributed by atoms with E-state index >= 15 is 0 Å². The minimum absolute atomic E-state index is 0.0694. The van der Waals surface area contributed by atoms with Crippen molar-refractivity contribution < 1.29 is 14.4 Å². The number of imide groups is 1. The summed E-state index contributed by atoms with van der Waals surface area (Å²) in [6, 6.07) is 0. The van der Waals surface area contributed by atoms with Crippen molar-refractivity contribution >= 4 is 17.6 Å². The molecule has 0 radical (unpaired) electrons. The number of likely N-dealkylation sites (tertiary alicyclic amines) is 1. The first-order valence-electron chi connectivity index (χ1n) is 4.95. The van der Waals surface area contributed by atoms with Gasteiger partial charge in [0.05, 0.1) is 11.8 Å². The van der Waals surface area contributed by atoms with Gasteiger partial charge < -0.3 is 0 Å². The molecule has 4 nitrogen and oxygen atoms in total. The van der Waals surface area contributed by atoms with Crippen molar-refractivity contribution in [2.75, 3.05) is 7.05 Å². The minimum Gasteiger partial charge on any atom is -0.299 e. The second-order valence-electron chi connectivity index (χ2n) is 4.56. The summed E-state index contributed by atoms with van der Waals surface area (Å²) < 4.78 is 0. The van der Waals surface area contributed by atoms with Crippen molar-refractivity contribution in [2.45, 2.75) is 12.8 Å². The number of hydrogen-bond donors (Lipinski definition) is 0. The van der Waals surface area contributed by atoms with E-state index in [1.807, 2.05) is 0 Å². The summed E-state index contributed by atoms with van der Waals surface area (Å²) in [5, 5.41) is 0. The maximum absolute atomic E-state index is 11.7. The van der Waals surface area contributed by atoms with Crippen LogP contribution in [0, 0.1) is 23.7 Å². The standard InChI is InChI=1S/C10H11NO3/c1-11-9(13)7-4-2-5(6(12)3-4)8(7)10(11)14/h4-5,7-8H,2-3H2,1H3. The topological polar surface area (TPSA) is 54.5 Å². The van der Waals surface area contributed by atoms with Crippen molar-refractivity contribution in [1.82, 2.24) is 4.90 Å². The van der Waals surface area contributed by atoms with Crippen LogP contribution in [0.1, 0.15) is 12.8 Å². The molecule has 0 spiro atoms. The molecule has 1 saturated heterocycles. The highest BCUT2D eigenvalue weighted by atomic mass is 16.2. The van der Waals surface area contributed by atoms with Crippen LogP contribution in [0.4, 0.5) is 0 Å². The Bertz CT molecular complexity index is 362. The SMILES string of the molecule is CN1C(=O)C2C3CC(=O)C(C3)C2C1=O. The van der Waals surface area contributed by atoms with Gasteiger partial charge in [-0.25, -0.2) is 0 Å². The Balaban J connectivity index is 2.05. The average molecular weight is 193 g/mol. The first kappa shape index (κ1) is 8.15. The number of nitrogens with zero attached hydrogens (tertiary/aromatic N) is 1. The maximum atomic E-state index is 11.7. The molecule has 4 heteroatoms. The summed E-state index contributed by atoms with van der Waals surface area (Å²) in [7, 11) is 1.52. The Kier molecular flexibility index (Phi) is 1.30. The average Bonchev–Trinajstić information content (AvgIpc) is 2.74. The van der Waals surface area contributed by atoms with Crippen LogP contribution in [0.15, 0.2) is 0 Å². The van der Waals surface area contributed by atoms with Crippen molar-refractivity contribution in [3.05, 3.63) is 0 Å². The lowest BCUT2D eigenvalue weighted by atomic mass is 9.80. The predicted molar refractivity (Wildman–Crippen MR) is 46.0 cm³/mol. The summed E-state index contributed by atoms with van der Waals surface area (Å²) in [6.07, 6.45) is 1.28. The Labute approximate surface area is 81.3 Å². The number of carbonyl (C=O) groups is 3. The first-order chi connectivity index (χ1) is 6.61. The van der Waals surface area contributed by atoms with Gasteiger partial charge in [-0.15, -0.1) is 0 Å². The van der Waals surface area contributed by atoms with Crippen LogP contribution in [0.5, 0.6) is 0 Å². The van der Waals surface area contributed by atoms with Gasteiger partial charge in [-0.2, -0.15) is 0 Å². The maximum Gasteiger partial charge on any atom is 0.233 e. The summed E-state index contributed by atoms with van der Waals surface area (Å²) in [5.74, 6) is -0.493. The van der Waals surface area contributed by atoms with Crippen molar-refractivity contribution in [1.29, 1.82) is 0 Å². The molecule has 3 fully saturated rings. The molecule has 4 unspecified atom stereocenters. The van der Waals surface area contributed by atoms with Crippen LogP contribution < -0.4 is 0 Å². The number of fused-ring (bicyclic) bond motifs is 5. The zero-order valence-electron chi connectivity index (χ0n) is 7.90. The van der Waals surface area contributed by atoms with Crippen molar-refractivity contribution in [3.63, 3.8) is 0 Å². The predicted octanol–water partition coefficient (Wildman–Crippen LogP) is -0.174. The lowest BCUT2D eigenvalue weighted by molar-refractivity contribution is -0.139. The molecule has 2 aliphatic carbocycles. The molecular formula is C10H11NO3. The fourth-order valence-electron chi connectivity index (χ4n) is 3.35. The zero-order valence-corrected chi connectivity index (χ0v) is 7.90. The third-order valence-corrected chi connectivity index (χ3v) is 3.99. The fraction of sp³-hybridized carbons (Fsp3) is 0.700. The van der Waals surface area contributed by atoms with Crippen LogP contribution in [-0.2, 0) is 14.4 Å². The number of amides is 2. The van der Waals surface area contributed by atoms with Crippen LogP contribution in [-0.4, -0.2) is 29.5 Å². The highest BCUT2D eigenvalue weighted by Crippen LogP contribution is 2.54. The molecule has 0 aromatic heterocycles.